The Hall–Kier alpha value is -1.85. The molecule has 0 amide bonds. The third kappa shape index (κ3) is 2.80. The number of aromatic carboxylic acids is 1. The van der Waals surface area contributed by atoms with Crippen LogP contribution in [-0.2, 0) is 6.54 Å². The standard InChI is InChI=1S/C9H14N4O2/c1-4-13-5-7(9(14)15)8(11-13)10-6-12(2)3/h5-6H,4H2,1-3H3,(H,14,15). The molecule has 0 spiro atoms. The molecule has 1 heterocycles. The third-order valence-corrected chi connectivity index (χ3v) is 1.71. The molecule has 0 unspecified atom stereocenters. The van der Waals surface area contributed by atoms with E-state index < -0.39 is 5.97 Å². The highest BCUT2D eigenvalue weighted by Gasteiger charge is 2.13. The molecule has 0 saturated heterocycles. The molecule has 0 aliphatic rings. The van der Waals surface area contributed by atoms with Gasteiger partial charge in [0.25, 0.3) is 0 Å². The van der Waals surface area contributed by atoms with Gasteiger partial charge in [-0.2, -0.15) is 5.10 Å². The van der Waals surface area contributed by atoms with Crippen molar-refractivity contribution in [3.8, 4) is 0 Å². The second kappa shape index (κ2) is 4.59. The number of carbonyl (C=O) groups is 1. The van der Waals surface area contributed by atoms with Crippen molar-refractivity contribution in [1.29, 1.82) is 0 Å². The molecule has 0 atom stereocenters. The van der Waals surface area contributed by atoms with Crippen molar-refractivity contribution in [2.24, 2.45) is 4.99 Å². The molecule has 6 heteroatoms. The zero-order chi connectivity index (χ0) is 11.4. The number of aromatic nitrogens is 2. The molecule has 1 aromatic rings. The quantitative estimate of drug-likeness (QED) is 0.590. The molecule has 0 radical (unpaired) electrons. The van der Waals surface area contributed by atoms with Crippen LogP contribution in [0.15, 0.2) is 11.2 Å². The van der Waals surface area contributed by atoms with Crippen molar-refractivity contribution < 1.29 is 9.90 Å². The van der Waals surface area contributed by atoms with E-state index in [1.807, 2.05) is 6.92 Å². The Morgan fingerprint density at radius 2 is 2.40 bits per heavy atom. The topological polar surface area (TPSA) is 70.7 Å². The van der Waals surface area contributed by atoms with Crippen LogP contribution in [0.1, 0.15) is 17.3 Å². The van der Waals surface area contributed by atoms with Crippen molar-refractivity contribution in [3.05, 3.63) is 11.8 Å². The van der Waals surface area contributed by atoms with Gasteiger partial charge in [0.1, 0.15) is 5.56 Å². The number of carboxylic acids is 1. The minimum atomic E-state index is -1.01. The largest absolute Gasteiger partial charge is 0.477 e. The van der Waals surface area contributed by atoms with E-state index in [0.717, 1.165) is 0 Å². The smallest absolute Gasteiger partial charge is 0.341 e. The number of hydrogen-bond acceptors (Lipinski definition) is 3. The maximum atomic E-state index is 10.9. The van der Waals surface area contributed by atoms with E-state index in [0.29, 0.717) is 6.54 Å². The number of aliphatic imine (C=N–C) groups is 1. The lowest BCUT2D eigenvalue weighted by molar-refractivity contribution is 0.0697. The summed E-state index contributed by atoms with van der Waals surface area (Å²) in [6, 6.07) is 0. The van der Waals surface area contributed by atoms with Crippen LogP contribution in [0.25, 0.3) is 0 Å². The summed E-state index contributed by atoms with van der Waals surface area (Å²) in [7, 11) is 3.61. The van der Waals surface area contributed by atoms with Gasteiger partial charge in [0.2, 0.25) is 0 Å². The molecule has 0 fully saturated rings. The van der Waals surface area contributed by atoms with Crippen molar-refractivity contribution in [1.82, 2.24) is 14.7 Å². The number of hydrogen-bond donors (Lipinski definition) is 1. The van der Waals surface area contributed by atoms with Crippen molar-refractivity contribution in [3.63, 3.8) is 0 Å². The molecule has 1 aromatic heterocycles. The molecule has 0 aromatic carbocycles. The molecule has 6 nitrogen and oxygen atoms in total. The van der Waals surface area contributed by atoms with Gasteiger partial charge in [0.05, 0.1) is 6.34 Å². The van der Waals surface area contributed by atoms with Gasteiger partial charge in [-0.05, 0) is 6.92 Å². The highest BCUT2D eigenvalue weighted by molar-refractivity contribution is 5.92. The lowest BCUT2D eigenvalue weighted by atomic mass is 10.3. The Morgan fingerprint density at radius 3 is 2.87 bits per heavy atom. The second-order valence-electron chi connectivity index (χ2n) is 3.24. The Morgan fingerprint density at radius 1 is 1.73 bits per heavy atom. The van der Waals surface area contributed by atoms with Crippen LogP contribution >= 0.6 is 0 Å². The van der Waals surface area contributed by atoms with Gasteiger partial charge in [-0.3, -0.25) is 4.68 Å². The van der Waals surface area contributed by atoms with E-state index >= 15 is 0 Å². The number of nitrogens with zero attached hydrogens (tertiary/aromatic N) is 4. The van der Waals surface area contributed by atoms with Crippen LogP contribution in [0.3, 0.4) is 0 Å². The summed E-state index contributed by atoms with van der Waals surface area (Å²) in [5.41, 5.74) is 0.120. The summed E-state index contributed by atoms with van der Waals surface area (Å²) < 4.78 is 1.55. The highest BCUT2D eigenvalue weighted by Crippen LogP contribution is 2.15. The fourth-order valence-electron chi connectivity index (χ4n) is 0.990. The highest BCUT2D eigenvalue weighted by atomic mass is 16.4. The first kappa shape index (κ1) is 11.2. The van der Waals surface area contributed by atoms with Crippen molar-refractivity contribution in [2.75, 3.05) is 14.1 Å². The number of rotatable bonds is 4. The van der Waals surface area contributed by atoms with E-state index in [1.54, 1.807) is 23.7 Å². The first-order chi connectivity index (χ1) is 7.04. The summed E-state index contributed by atoms with van der Waals surface area (Å²) in [4.78, 5) is 16.6. The summed E-state index contributed by atoms with van der Waals surface area (Å²) in [6.07, 6.45) is 3.00. The molecule has 1 N–H and O–H groups in total. The molecular formula is C9H14N4O2. The first-order valence-electron chi connectivity index (χ1n) is 4.56. The van der Waals surface area contributed by atoms with Crippen molar-refractivity contribution in [2.45, 2.75) is 13.5 Å². The molecule has 1 rings (SSSR count). The summed E-state index contributed by atoms with van der Waals surface area (Å²) in [5.74, 6) is -0.779. The van der Waals surface area contributed by atoms with Crippen LogP contribution in [0.5, 0.6) is 0 Å². The van der Waals surface area contributed by atoms with Gasteiger partial charge < -0.3 is 10.0 Å². The minimum Gasteiger partial charge on any atom is -0.477 e. The monoisotopic (exact) mass is 210 g/mol. The molecule has 0 aliphatic heterocycles. The van der Waals surface area contributed by atoms with Crippen LogP contribution < -0.4 is 0 Å². The Bertz CT molecular complexity index is 381. The lowest BCUT2D eigenvalue weighted by Crippen LogP contribution is -2.07. The van der Waals surface area contributed by atoms with E-state index in [-0.39, 0.29) is 11.4 Å². The fourth-order valence-corrected chi connectivity index (χ4v) is 0.990. The van der Waals surface area contributed by atoms with Crippen LogP contribution in [-0.4, -0.2) is 46.2 Å². The van der Waals surface area contributed by atoms with Crippen LogP contribution in [0, 0.1) is 0 Å². The molecule has 0 bridgehead atoms. The van der Waals surface area contributed by atoms with Gasteiger partial charge in [0, 0.05) is 26.8 Å². The zero-order valence-corrected chi connectivity index (χ0v) is 9.01. The minimum absolute atomic E-state index is 0.120. The normalized spacial score (nSPS) is 10.9. The van der Waals surface area contributed by atoms with Crippen LogP contribution in [0.4, 0.5) is 5.82 Å². The SMILES string of the molecule is CCn1cc(C(=O)O)c(N=CN(C)C)n1. The van der Waals surface area contributed by atoms with Crippen molar-refractivity contribution >= 4 is 18.1 Å². The molecule has 15 heavy (non-hydrogen) atoms. The van der Waals surface area contributed by atoms with E-state index in [9.17, 15) is 4.79 Å². The molecule has 82 valence electrons. The van der Waals surface area contributed by atoms with Gasteiger partial charge in [0.15, 0.2) is 5.82 Å². The average molecular weight is 210 g/mol. The number of carboxylic acid groups (broad SMARTS) is 1. The predicted molar refractivity (Wildman–Crippen MR) is 56.7 cm³/mol. The molecule has 0 saturated carbocycles. The zero-order valence-electron chi connectivity index (χ0n) is 9.01. The fraction of sp³-hybridized carbons (Fsp3) is 0.444. The first-order valence-corrected chi connectivity index (χ1v) is 4.56. The summed E-state index contributed by atoms with van der Waals surface area (Å²) in [5, 5.41) is 12.9. The maximum Gasteiger partial charge on any atom is 0.341 e. The summed E-state index contributed by atoms with van der Waals surface area (Å²) >= 11 is 0. The van der Waals surface area contributed by atoms with E-state index in [1.165, 1.54) is 12.5 Å². The Balaban J connectivity index is 3.04. The van der Waals surface area contributed by atoms with Crippen LogP contribution in [0.2, 0.25) is 0 Å². The Labute approximate surface area is 87.8 Å². The lowest BCUT2D eigenvalue weighted by Gasteiger charge is -2.00. The second-order valence-corrected chi connectivity index (χ2v) is 3.24. The van der Waals surface area contributed by atoms with E-state index in [2.05, 4.69) is 10.1 Å². The average Bonchev–Trinajstić information content (AvgIpc) is 2.57. The van der Waals surface area contributed by atoms with Gasteiger partial charge >= 0.3 is 5.97 Å². The van der Waals surface area contributed by atoms with Gasteiger partial charge in [-0.25, -0.2) is 9.79 Å². The van der Waals surface area contributed by atoms with Gasteiger partial charge in [-0.15, -0.1) is 0 Å². The summed E-state index contributed by atoms with van der Waals surface area (Å²) in [6.45, 7) is 2.51. The predicted octanol–water partition coefficient (Wildman–Crippen LogP) is 0.823. The van der Waals surface area contributed by atoms with Gasteiger partial charge in [-0.1, -0.05) is 0 Å². The molecule has 0 aliphatic carbocycles. The molecular weight excluding hydrogens is 196 g/mol. The third-order valence-electron chi connectivity index (χ3n) is 1.71. The van der Waals surface area contributed by atoms with E-state index in [4.69, 9.17) is 5.11 Å². The number of aryl methyl sites for hydroxylation is 1. The Kier molecular flexibility index (Phi) is 3.43. The maximum absolute atomic E-state index is 10.9.